The average molecular weight is 550 g/mol. The van der Waals surface area contributed by atoms with Crippen LogP contribution in [-0.2, 0) is 9.59 Å². The molecule has 0 aliphatic carbocycles. The van der Waals surface area contributed by atoms with Crippen LogP contribution in [-0.4, -0.2) is 23.0 Å². The maximum absolute atomic E-state index is 13.3. The standard InChI is InChI=1S/C33H31N3O3S/c1-22-13-15-27(16-14-22)34-31(37)24(3)40-29-19-17-28(18-20-29)35-33(39)30(21-26-12-8-7-9-23(26)2)36-32(38)25-10-5-4-6-11-25/h4-21,24H,1-3H3,(H,34,37)(H,35,39)(H,36,38)/b30-21-. The Balaban J connectivity index is 1.43. The normalized spacial score (nSPS) is 11.8. The molecule has 0 heterocycles. The van der Waals surface area contributed by atoms with Crippen LogP contribution < -0.4 is 16.0 Å². The number of rotatable bonds is 9. The Bertz CT molecular complexity index is 1520. The molecule has 1 atom stereocenters. The predicted molar refractivity (Wildman–Crippen MR) is 163 cm³/mol. The first-order chi connectivity index (χ1) is 19.3. The number of amides is 3. The largest absolute Gasteiger partial charge is 0.325 e. The van der Waals surface area contributed by atoms with Gasteiger partial charge in [-0.2, -0.15) is 0 Å². The highest BCUT2D eigenvalue weighted by Gasteiger charge is 2.17. The van der Waals surface area contributed by atoms with Crippen LogP contribution in [0, 0.1) is 13.8 Å². The van der Waals surface area contributed by atoms with Gasteiger partial charge in [-0.15, -0.1) is 11.8 Å². The van der Waals surface area contributed by atoms with Gasteiger partial charge in [-0.1, -0.05) is 60.2 Å². The molecule has 0 saturated heterocycles. The molecule has 7 heteroatoms. The van der Waals surface area contributed by atoms with Crippen molar-refractivity contribution in [1.82, 2.24) is 5.32 Å². The van der Waals surface area contributed by atoms with E-state index in [0.717, 1.165) is 27.3 Å². The first kappa shape index (κ1) is 28.4. The van der Waals surface area contributed by atoms with Gasteiger partial charge in [-0.3, -0.25) is 14.4 Å². The third-order valence-electron chi connectivity index (χ3n) is 6.13. The van der Waals surface area contributed by atoms with Crippen LogP contribution in [0.25, 0.3) is 6.08 Å². The summed E-state index contributed by atoms with van der Waals surface area (Å²) in [6, 6.07) is 31.3. The number of carbonyl (C=O) groups is 3. The fourth-order valence-electron chi connectivity index (χ4n) is 3.80. The van der Waals surface area contributed by atoms with Gasteiger partial charge in [-0.25, -0.2) is 0 Å². The molecule has 6 nitrogen and oxygen atoms in total. The summed E-state index contributed by atoms with van der Waals surface area (Å²) in [4.78, 5) is 39.7. The van der Waals surface area contributed by atoms with E-state index in [1.807, 2.05) is 87.5 Å². The summed E-state index contributed by atoms with van der Waals surface area (Å²) in [5, 5.41) is 8.24. The summed E-state index contributed by atoms with van der Waals surface area (Å²) in [6.07, 6.45) is 1.67. The van der Waals surface area contributed by atoms with Gasteiger partial charge >= 0.3 is 0 Å². The van der Waals surface area contributed by atoms with Gasteiger partial charge in [0.2, 0.25) is 5.91 Å². The minimum Gasteiger partial charge on any atom is -0.325 e. The number of nitrogens with one attached hydrogen (secondary N) is 3. The van der Waals surface area contributed by atoms with Crippen LogP contribution in [0.2, 0.25) is 0 Å². The highest BCUT2D eigenvalue weighted by atomic mass is 32.2. The molecule has 0 spiro atoms. The zero-order chi connectivity index (χ0) is 28.5. The molecule has 1 unspecified atom stereocenters. The monoisotopic (exact) mass is 549 g/mol. The molecule has 3 amide bonds. The molecular formula is C33H31N3O3S. The van der Waals surface area contributed by atoms with Crippen molar-refractivity contribution in [2.45, 2.75) is 30.9 Å². The zero-order valence-corrected chi connectivity index (χ0v) is 23.4. The van der Waals surface area contributed by atoms with E-state index in [1.54, 1.807) is 42.5 Å². The molecule has 40 heavy (non-hydrogen) atoms. The smallest absolute Gasteiger partial charge is 0.272 e. The fourth-order valence-corrected chi connectivity index (χ4v) is 4.67. The molecule has 0 fully saturated rings. The maximum Gasteiger partial charge on any atom is 0.272 e. The van der Waals surface area contributed by atoms with Crippen molar-refractivity contribution in [3.8, 4) is 0 Å². The highest BCUT2D eigenvalue weighted by Crippen LogP contribution is 2.26. The molecule has 0 radical (unpaired) electrons. The molecular weight excluding hydrogens is 518 g/mol. The lowest BCUT2D eigenvalue weighted by Gasteiger charge is -2.14. The number of aryl methyl sites for hydroxylation is 2. The molecule has 4 rings (SSSR count). The number of benzene rings is 4. The Morgan fingerprint density at radius 1 is 0.725 bits per heavy atom. The SMILES string of the molecule is Cc1ccc(NC(=O)C(C)Sc2ccc(NC(=O)/C(=C/c3ccccc3C)NC(=O)c3ccccc3)cc2)cc1. The molecule has 0 bridgehead atoms. The summed E-state index contributed by atoms with van der Waals surface area (Å²) in [5.74, 6) is -0.912. The quantitative estimate of drug-likeness (QED) is 0.158. The molecule has 0 aliphatic rings. The lowest BCUT2D eigenvalue weighted by Crippen LogP contribution is -2.30. The third kappa shape index (κ3) is 7.94. The van der Waals surface area contributed by atoms with Crippen molar-refractivity contribution < 1.29 is 14.4 Å². The third-order valence-corrected chi connectivity index (χ3v) is 7.24. The van der Waals surface area contributed by atoms with E-state index in [1.165, 1.54) is 11.8 Å². The molecule has 0 saturated carbocycles. The fraction of sp³-hybridized carbons (Fsp3) is 0.121. The molecule has 0 aromatic heterocycles. The van der Waals surface area contributed by atoms with Crippen LogP contribution in [0.5, 0.6) is 0 Å². The van der Waals surface area contributed by atoms with Crippen LogP contribution in [0.4, 0.5) is 11.4 Å². The Labute approximate surface area is 238 Å². The number of hydrogen-bond acceptors (Lipinski definition) is 4. The van der Waals surface area contributed by atoms with Gasteiger partial charge in [0.15, 0.2) is 0 Å². The Kier molecular flexibility index (Phi) is 9.54. The predicted octanol–water partition coefficient (Wildman–Crippen LogP) is 6.83. The van der Waals surface area contributed by atoms with E-state index < -0.39 is 5.91 Å². The average Bonchev–Trinajstić information content (AvgIpc) is 2.96. The highest BCUT2D eigenvalue weighted by molar-refractivity contribution is 8.00. The molecule has 4 aromatic rings. The molecule has 0 aliphatic heterocycles. The van der Waals surface area contributed by atoms with Gasteiger partial charge < -0.3 is 16.0 Å². The number of thioether (sulfide) groups is 1. The van der Waals surface area contributed by atoms with Crippen molar-refractivity contribution in [1.29, 1.82) is 0 Å². The second-order valence-corrected chi connectivity index (χ2v) is 10.7. The summed E-state index contributed by atoms with van der Waals surface area (Å²) in [5.41, 5.74) is 4.83. The lowest BCUT2D eigenvalue weighted by molar-refractivity contribution is -0.115. The lowest BCUT2D eigenvalue weighted by atomic mass is 10.1. The number of carbonyl (C=O) groups excluding carboxylic acids is 3. The summed E-state index contributed by atoms with van der Waals surface area (Å²) in [6.45, 7) is 5.79. The summed E-state index contributed by atoms with van der Waals surface area (Å²) in [7, 11) is 0. The van der Waals surface area contributed by atoms with Gasteiger partial charge in [0.1, 0.15) is 5.70 Å². The molecule has 4 aromatic carbocycles. The summed E-state index contributed by atoms with van der Waals surface area (Å²) >= 11 is 1.42. The van der Waals surface area contributed by atoms with E-state index in [9.17, 15) is 14.4 Å². The van der Waals surface area contributed by atoms with E-state index in [-0.39, 0.29) is 22.8 Å². The van der Waals surface area contributed by atoms with Crippen molar-refractivity contribution in [2.24, 2.45) is 0 Å². The second kappa shape index (κ2) is 13.4. The number of hydrogen-bond donors (Lipinski definition) is 3. The molecule has 3 N–H and O–H groups in total. The zero-order valence-electron chi connectivity index (χ0n) is 22.6. The Hall–Kier alpha value is -4.62. The molecule has 202 valence electrons. The second-order valence-electron chi connectivity index (χ2n) is 9.33. The van der Waals surface area contributed by atoms with Gasteiger partial charge in [0.25, 0.3) is 11.8 Å². The van der Waals surface area contributed by atoms with Crippen LogP contribution in [0.15, 0.2) is 114 Å². The van der Waals surface area contributed by atoms with Crippen LogP contribution >= 0.6 is 11.8 Å². The van der Waals surface area contributed by atoms with Gasteiger partial charge in [-0.05, 0) is 86.5 Å². The van der Waals surface area contributed by atoms with Crippen LogP contribution in [0.3, 0.4) is 0 Å². The van der Waals surface area contributed by atoms with Crippen molar-refractivity contribution in [3.63, 3.8) is 0 Å². The van der Waals surface area contributed by atoms with Gasteiger partial charge in [0, 0.05) is 21.8 Å². The van der Waals surface area contributed by atoms with Crippen molar-refractivity contribution in [3.05, 3.63) is 131 Å². The van der Waals surface area contributed by atoms with Crippen molar-refractivity contribution in [2.75, 3.05) is 10.6 Å². The minimum absolute atomic E-state index is 0.0913. The van der Waals surface area contributed by atoms with Crippen LogP contribution in [0.1, 0.15) is 34.0 Å². The topological polar surface area (TPSA) is 87.3 Å². The first-order valence-electron chi connectivity index (χ1n) is 12.9. The first-order valence-corrected chi connectivity index (χ1v) is 13.8. The van der Waals surface area contributed by atoms with Crippen molar-refractivity contribution >= 4 is 46.9 Å². The number of anilines is 2. The van der Waals surface area contributed by atoms with E-state index in [0.29, 0.717) is 11.3 Å². The van der Waals surface area contributed by atoms with E-state index in [4.69, 9.17) is 0 Å². The van der Waals surface area contributed by atoms with E-state index in [2.05, 4.69) is 16.0 Å². The van der Waals surface area contributed by atoms with E-state index >= 15 is 0 Å². The van der Waals surface area contributed by atoms with Gasteiger partial charge in [0.05, 0.1) is 5.25 Å². The Morgan fingerprint density at radius 3 is 2.00 bits per heavy atom. The maximum atomic E-state index is 13.3. The summed E-state index contributed by atoms with van der Waals surface area (Å²) < 4.78 is 0. The minimum atomic E-state index is -0.446. The Morgan fingerprint density at radius 2 is 1.32 bits per heavy atom.